The van der Waals surface area contributed by atoms with Gasteiger partial charge in [0.25, 0.3) is 5.91 Å². The van der Waals surface area contributed by atoms with Crippen LogP contribution in [0, 0.1) is 6.92 Å². The molecule has 1 aliphatic heterocycles. The number of nitrogens with one attached hydrogen (secondary N) is 1. The first-order valence-electron chi connectivity index (χ1n) is 8.54. The molecule has 0 saturated carbocycles. The molecule has 0 saturated heterocycles. The van der Waals surface area contributed by atoms with Crippen molar-refractivity contribution in [3.05, 3.63) is 51.6 Å². The van der Waals surface area contributed by atoms with Crippen molar-refractivity contribution >= 4 is 52.3 Å². The van der Waals surface area contributed by atoms with Crippen LogP contribution in [0.3, 0.4) is 0 Å². The molecule has 0 aliphatic carbocycles. The number of carbonyl (C=O) groups is 2. The molecule has 28 heavy (non-hydrogen) atoms. The van der Waals surface area contributed by atoms with E-state index in [1.807, 2.05) is 11.9 Å². The zero-order valence-electron chi connectivity index (χ0n) is 15.3. The van der Waals surface area contributed by atoms with Crippen molar-refractivity contribution in [2.75, 3.05) is 23.5 Å². The van der Waals surface area contributed by atoms with Gasteiger partial charge in [-0.15, -0.1) is 0 Å². The van der Waals surface area contributed by atoms with Gasteiger partial charge in [0.1, 0.15) is 0 Å². The molecule has 146 valence electrons. The fourth-order valence-corrected chi connectivity index (χ4v) is 2.95. The summed E-state index contributed by atoms with van der Waals surface area (Å²) >= 11 is 12.0. The Morgan fingerprint density at radius 3 is 2.57 bits per heavy atom. The van der Waals surface area contributed by atoms with Crippen molar-refractivity contribution < 1.29 is 14.3 Å². The maximum absolute atomic E-state index is 12.1. The smallest absolute Gasteiger partial charge is 0.338 e. The molecule has 0 atom stereocenters. The van der Waals surface area contributed by atoms with E-state index < -0.39 is 18.5 Å². The SMILES string of the molecule is CC1=NN(c2ccc(C(=O)OCC(=O)Nc3ncc(Cl)c(C)c3Cl)cc2)CC1. The first kappa shape index (κ1) is 20.1. The Kier molecular flexibility index (Phi) is 6.16. The molecular weight excluding hydrogens is 403 g/mol. The van der Waals surface area contributed by atoms with Crippen molar-refractivity contribution in [1.29, 1.82) is 0 Å². The summed E-state index contributed by atoms with van der Waals surface area (Å²) in [5, 5.41) is 9.42. The van der Waals surface area contributed by atoms with Crippen LogP contribution < -0.4 is 10.3 Å². The highest BCUT2D eigenvalue weighted by molar-refractivity contribution is 6.37. The first-order valence-corrected chi connectivity index (χ1v) is 9.30. The summed E-state index contributed by atoms with van der Waals surface area (Å²) in [6.07, 6.45) is 2.31. The van der Waals surface area contributed by atoms with Gasteiger partial charge in [-0.1, -0.05) is 23.2 Å². The summed E-state index contributed by atoms with van der Waals surface area (Å²) in [6, 6.07) is 6.86. The molecule has 2 heterocycles. The van der Waals surface area contributed by atoms with E-state index in [1.54, 1.807) is 31.2 Å². The molecule has 0 radical (unpaired) electrons. The third-order valence-corrected chi connectivity index (χ3v) is 5.02. The minimum Gasteiger partial charge on any atom is -0.452 e. The number of hydrogen-bond donors (Lipinski definition) is 1. The number of esters is 1. The number of amides is 1. The van der Waals surface area contributed by atoms with Crippen molar-refractivity contribution in [1.82, 2.24) is 4.98 Å². The van der Waals surface area contributed by atoms with Gasteiger partial charge in [0, 0.05) is 24.9 Å². The number of carbonyl (C=O) groups excluding carboxylic acids is 2. The molecule has 0 unspecified atom stereocenters. The van der Waals surface area contributed by atoms with Gasteiger partial charge in [-0.2, -0.15) is 5.10 Å². The van der Waals surface area contributed by atoms with E-state index in [1.165, 1.54) is 6.20 Å². The van der Waals surface area contributed by atoms with Crippen LogP contribution in [-0.2, 0) is 9.53 Å². The summed E-state index contributed by atoms with van der Waals surface area (Å²) in [5.41, 5.74) is 2.91. The average Bonchev–Trinajstić information content (AvgIpc) is 3.13. The summed E-state index contributed by atoms with van der Waals surface area (Å²) in [5.74, 6) is -0.993. The molecule has 1 amide bonds. The zero-order chi connectivity index (χ0) is 20.3. The molecule has 0 spiro atoms. The summed E-state index contributed by atoms with van der Waals surface area (Å²) in [6.45, 7) is 4.04. The van der Waals surface area contributed by atoms with Gasteiger partial charge in [-0.05, 0) is 43.7 Å². The highest BCUT2D eigenvalue weighted by atomic mass is 35.5. The number of halogens is 2. The number of benzene rings is 1. The van der Waals surface area contributed by atoms with Gasteiger partial charge in [0.2, 0.25) is 0 Å². The Labute approximate surface area is 172 Å². The average molecular weight is 421 g/mol. The van der Waals surface area contributed by atoms with Crippen molar-refractivity contribution in [3.63, 3.8) is 0 Å². The highest BCUT2D eigenvalue weighted by Crippen LogP contribution is 2.28. The largest absolute Gasteiger partial charge is 0.452 e. The van der Waals surface area contributed by atoms with Crippen LogP contribution in [-0.4, -0.2) is 35.7 Å². The molecule has 3 rings (SSSR count). The molecule has 1 aromatic carbocycles. The number of rotatable bonds is 5. The van der Waals surface area contributed by atoms with E-state index in [0.29, 0.717) is 16.1 Å². The maximum Gasteiger partial charge on any atom is 0.338 e. The maximum atomic E-state index is 12.1. The minimum absolute atomic E-state index is 0.162. The second-order valence-electron chi connectivity index (χ2n) is 6.27. The van der Waals surface area contributed by atoms with E-state index in [4.69, 9.17) is 27.9 Å². The van der Waals surface area contributed by atoms with Gasteiger partial charge >= 0.3 is 5.97 Å². The van der Waals surface area contributed by atoms with Crippen LogP contribution >= 0.6 is 23.2 Å². The fourth-order valence-electron chi connectivity index (χ4n) is 2.56. The van der Waals surface area contributed by atoms with Crippen molar-refractivity contribution in [2.24, 2.45) is 5.10 Å². The lowest BCUT2D eigenvalue weighted by Gasteiger charge is -2.13. The second-order valence-corrected chi connectivity index (χ2v) is 7.06. The summed E-state index contributed by atoms with van der Waals surface area (Å²) in [4.78, 5) is 28.1. The Morgan fingerprint density at radius 2 is 1.93 bits per heavy atom. The third-order valence-electron chi connectivity index (χ3n) is 4.17. The fraction of sp³-hybridized carbons (Fsp3) is 0.263. The van der Waals surface area contributed by atoms with Crippen molar-refractivity contribution in [3.8, 4) is 0 Å². The lowest BCUT2D eigenvalue weighted by atomic mass is 10.2. The topological polar surface area (TPSA) is 83.9 Å². The highest BCUT2D eigenvalue weighted by Gasteiger charge is 2.16. The van der Waals surface area contributed by atoms with Crippen LogP contribution in [0.5, 0.6) is 0 Å². The van der Waals surface area contributed by atoms with E-state index in [-0.39, 0.29) is 10.8 Å². The molecule has 1 aromatic heterocycles. The van der Waals surface area contributed by atoms with E-state index >= 15 is 0 Å². The van der Waals surface area contributed by atoms with Crippen LogP contribution in [0.4, 0.5) is 11.5 Å². The normalized spacial score (nSPS) is 13.3. The second kappa shape index (κ2) is 8.58. The predicted molar refractivity (Wildman–Crippen MR) is 109 cm³/mol. The van der Waals surface area contributed by atoms with Gasteiger partial charge in [0.05, 0.1) is 21.3 Å². The molecule has 9 heteroatoms. The number of aromatic nitrogens is 1. The zero-order valence-corrected chi connectivity index (χ0v) is 16.8. The summed E-state index contributed by atoms with van der Waals surface area (Å²) < 4.78 is 5.05. The Bertz CT molecular complexity index is 945. The van der Waals surface area contributed by atoms with Gasteiger partial charge in [0.15, 0.2) is 12.4 Å². The Balaban J connectivity index is 1.55. The molecular formula is C19H18Cl2N4O3. The number of nitrogens with zero attached hydrogens (tertiary/aromatic N) is 3. The lowest BCUT2D eigenvalue weighted by Crippen LogP contribution is -2.21. The van der Waals surface area contributed by atoms with Crippen molar-refractivity contribution in [2.45, 2.75) is 20.3 Å². The Hall–Kier alpha value is -2.64. The standard InChI is InChI=1S/C19H18Cl2N4O3/c1-11-7-8-25(24-11)14-5-3-13(4-6-14)19(27)28-10-16(26)23-18-17(21)12(2)15(20)9-22-18/h3-6,9H,7-8,10H2,1-2H3,(H,22,23,26). The van der Waals surface area contributed by atoms with E-state index in [0.717, 1.165) is 24.4 Å². The number of hydrogen-bond acceptors (Lipinski definition) is 6. The molecule has 1 aliphatic rings. The number of hydrazone groups is 1. The Morgan fingerprint density at radius 1 is 1.21 bits per heavy atom. The quantitative estimate of drug-likeness (QED) is 0.736. The number of ether oxygens (including phenoxy) is 1. The summed E-state index contributed by atoms with van der Waals surface area (Å²) in [7, 11) is 0. The van der Waals surface area contributed by atoms with Crippen LogP contribution in [0.25, 0.3) is 0 Å². The molecule has 2 aromatic rings. The van der Waals surface area contributed by atoms with E-state index in [9.17, 15) is 9.59 Å². The molecule has 0 fully saturated rings. The number of pyridine rings is 1. The minimum atomic E-state index is -0.603. The van der Waals surface area contributed by atoms with Crippen LogP contribution in [0.15, 0.2) is 35.6 Å². The van der Waals surface area contributed by atoms with Gasteiger partial charge in [-0.3, -0.25) is 9.80 Å². The monoisotopic (exact) mass is 420 g/mol. The van der Waals surface area contributed by atoms with E-state index in [2.05, 4.69) is 15.4 Å². The van der Waals surface area contributed by atoms with Gasteiger partial charge in [-0.25, -0.2) is 9.78 Å². The first-order chi connectivity index (χ1) is 13.3. The number of anilines is 2. The molecule has 0 bridgehead atoms. The molecule has 7 nitrogen and oxygen atoms in total. The van der Waals surface area contributed by atoms with Gasteiger partial charge < -0.3 is 10.1 Å². The predicted octanol–water partition coefficient (Wildman–Crippen LogP) is 4.08. The van der Waals surface area contributed by atoms with Crippen LogP contribution in [0.1, 0.15) is 29.3 Å². The third kappa shape index (κ3) is 4.61. The van der Waals surface area contributed by atoms with Crippen LogP contribution in [0.2, 0.25) is 10.0 Å². The molecule has 1 N–H and O–H groups in total. The lowest BCUT2D eigenvalue weighted by molar-refractivity contribution is -0.119.